The number of alkyl halides is 3. The maximum atomic E-state index is 13.4. The van der Waals surface area contributed by atoms with E-state index in [0.29, 0.717) is 13.0 Å². The standard InChI is InChI=1S/C14H20F3NO/c1-4-10-18-13(3,14(15,16)17)11-8-6-7-9-12(11)19-5-2/h6-9,18H,4-5,10H2,1-3H3. The van der Waals surface area contributed by atoms with E-state index in [-0.39, 0.29) is 17.9 Å². The van der Waals surface area contributed by atoms with Crippen molar-refractivity contribution in [1.82, 2.24) is 5.32 Å². The second kappa shape index (κ2) is 6.28. The average Bonchev–Trinajstić information content (AvgIpc) is 2.35. The Hall–Kier alpha value is -1.23. The first-order valence-electron chi connectivity index (χ1n) is 6.40. The van der Waals surface area contributed by atoms with Crippen LogP contribution in [0.2, 0.25) is 0 Å². The van der Waals surface area contributed by atoms with Crippen molar-refractivity contribution in [2.75, 3.05) is 13.2 Å². The lowest BCUT2D eigenvalue weighted by molar-refractivity contribution is -0.195. The molecule has 0 fully saturated rings. The van der Waals surface area contributed by atoms with Crippen molar-refractivity contribution in [3.63, 3.8) is 0 Å². The van der Waals surface area contributed by atoms with E-state index >= 15 is 0 Å². The summed E-state index contributed by atoms with van der Waals surface area (Å²) >= 11 is 0. The minimum atomic E-state index is -4.39. The van der Waals surface area contributed by atoms with Crippen LogP contribution >= 0.6 is 0 Å². The summed E-state index contributed by atoms with van der Waals surface area (Å²) in [6, 6.07) is 6.29. The van der Waals surface area contributed by atoms with Crippen molar-refractivity contribution in [2.24, 2.45) is 0 Å². The minimum Gasteiger partial charge on any atom is -0.494 e. The summed E-state index contributed by atoms with van der Waals surface area (Å²) < 4.78 is 45.6. The molecule has 1 aromatic rings. The molecule has 1 N–H and O–H groups in total. The van der Waals surface area contributed by atoms with Crippen molar-refractivity contribution in [1.29, 1.82) is 0 Å². The van der Waals surface area contributed by atoms with Gasteiger partial charge < -0.3 is 10.1 Å². The second-order valence-corrected chi connectivity index (χ2v) is 4.48. The number of benzene rings is 1. The van der Waals surface area contributed by atoms with Gasteiger partial charge in [-0.15, -0.1) is 0 Å². The topological polar surface area (TPSA) is 21.3 Å². The minimum absolute atomic E-state index is 0.123. The molecule has 0 aliphatic heterocycles. The number of para-hydroxylation sites is 1. The zero-order valence-corrected chi connectivity index (χ0v) is 11.5. The zero-order valence-electron chi connectivity index (χ0n) is 11.5. The van der Waals surface area contributed by atoms with Gasteiger partial charge in [0.25, 0.3) is 0 Å². The Morgan fingerprint density at radius 1 is 1.16 bits per heavy atom. The van der Waals surface area contributed by atoms with Crippen LogP contribution < -0.4 is 10.1 Å². The van der Waals surface area contributed by atoms with E-state index in [1.807, 2.05) is 6.92 Å². The van der Waals surface area contributed by atoms with E-state index in [1.165, 1.54) is 6.07 Å². The van der Waals surface area contributed by atoms with Crippen molar-refractivity contribution < 1.29 is 17.9 Å². The van der Waals surface area contributed by atoms with Gasteiger partial charge in [-0.2, -0.15) is 13.2 Å². The van der Waals surface area contributed by atoms with E-state index in [1.54, 1.807) is 25.1 Å². The lowest BCUT2D eigenvalue weighted by Crippen LogP contribution is -2.52. The maximum Gasteiger partial charge on any atom is 0.410 e. The fourth-order valence-corrected chi connectivity index (χ4v) is 1.88. The van der Waals surface area contributed by atoms with Gasteiger partial charge in [0.15, 0.2) is 0 Å². The Bertz CT molecular complexity index is 406. The number of hydrogen-bond donors (Lipinski definition) is 1. The van der Waals surface area contributed by atoms with Gasteiger partial charge in [-0.25, -0.2) is 0 Å². The predicted octanol–water partition coefficient (Wildman–Crippen LogP) is 3.86. The lowest BCUT2D eigenvalue weighted by atomic mass is 9.90. The summed E-state index contributed by atoms with van der Waals surface area (Å²) in [5.41, 5.74) is -1.98. The molecule has 5 heteroatoms. The Balaban J connectivity index is 3.25. The number of halogens is 3. The Kier molecular flexibility index (Phi) is 5.23. The van der Waals surface area contributed by atoms with E-state index in [9.17, 15) is 13.2 Å². The molecule has 0 spiro atoms. The smallest absolute Gasteiger partial charge is 0.410 e. The Labute approximate surface area is 112 Å². The molecular formula is C14H20F3NO. The molecule has 0 bridgehead atoms. The molecule has 19 heavy (non-hydrogen) atoms. The zero-order chi connectivity index (χ0) is 14.5. The molecule has 1 atom stereocenters. The van der Waals surface area contributed by atoms with Gasteiger partial charge >= 0.3 is 6.18 Å². The van der Waals surface area contributed by atoms with Crippen LogP contribution in [-0.4, -0.2) is 19.3 Å². The molecule has 2 nitrogen and oxygen atoms in total. The number of nitrogens with one attached hydrogen (secondary N) is 1. The molecule has 1 aromatic carbocycles. The van der Waals surface area contributed by atoms with E-state index in [0.717, 1.165) is 6.92 Å². The molecule has 1 rings (SSSR count). The Morgan fingerprint density at radius 3 is 2.32 bits per heavy atom. The molecule has 0 radical (unpaired) electrons. The van der Waals surface area contributed by atoms with Gasteiger partial charge in [0.05, 0.1) is 6.61 Å². The third-order valence-corrected chi connectivity index (χ3v) is 3.02. The van der Waals surface area contributed by atoms with Gasteiger partial charge in [-0.05, 0) is 32.9 Å². The molecule has 0 aliphatic carbocycles. The van der Waals surface area contributed by atoms with Crippen LogP contribution in [-0.2, 0) is 5.54 Å². The summed E-state index contributed by atoms with van der Waals surface area (Å²) in [5, 5.41) is 2.60. The van der Waals surface area contributed by atoms with Crippen LogP contribution in [0.15, 0.2) is 24.3 Å². The molecule has 0 aromatic heterocycles. The van der Waals surface area contributed by atoms with Crippen LogP contribution in [0.1, 0.15) is 32.8 Å². The molecule has 0 heterocycles. The monoisotopic (exact) mass is 275 g/mol. The third kappa shape index (κ3) is 3.41. The summed E-state index contributed by atoms with van der Waals surface area (Å²) in [5.74, 6) is 0.272. The molecular weight excluding hydrogens is 255 g/mol. The van der Waals surface area contributed by atoms with Crippen molar-refractivity contribution >= 4 is 0 Å². The van der Waals surface area contributed by atoms with Gasteiger partial charge in [0.2, 0.25) is 0 Å². The quantitative estimate of drug-likeness (QED) is 0.851. The third-order valence-electron chi connectivity index (χ3n) is 3.02. The van der Waals surface area contributed by atoms with E-state index in [4.69, 9.17) is 4.74 Å². The first kappa shape index (κ1) is 15.8. The highest BCUT2D eigenvalue weighted by molar-refractivity contribution is 5.40. The van der Waals surface area contributed by atoms with Crippen LogP contribution in [0, 0.1) is 0 Å². The average molecular weight is 275 g/mol. The van der Waals surface area contributed by atoms with Crippen molar-refractivity contribution in [3.05, 3.63) is 29.8 Å². The molecule has 0 aliphatic rings. The molecule has 108 valence electrons. The van der Waals surface area contributed by atoms with Crippen LogP contribution in [0.4, 0.5) is 13.2 Å². The van der Waals surface area contributed by atoms with E-state index in [2.05, 4.69) is 5.32 Å². The number of rotatable bonds is 6. The van der Waals surface area contributed by atoms with Crippen molar-refractivity contribution in [3.8, 4) is 5.75 Å². The summed E-state index contributed by atoms with van der Waals surface area (Å²) in [4.78, 5) is 0. The Morgan fingerprint density at radius 2 is 1.79 bits per heavy atom. The van der Waals surface area contributed by atoms with Crippen LogP contribution in [0.25, 0.3) is 0 Å². The first-order chi connectivity index (χ1) is 8.86. The van der Waals surface area contributed by atoms with Gasteiger partial charge in [0.1, 0.15) is 11.3 Å². The molecule has 0 amide bonds. The lowest BCUT2D eigenvalue weighted by Gasteiger charge is -2.34. The van der Waals surface area contributed by atoms with Gasteiger partial charge in [-0.3, -0.25) is 0 Å². The van der Waals surface area contributed by atoms with Crippen molar-refractivity contribution in [2.45, 2.75) is 38.9 Å². The van der Waals surface area contributed by atoms with Crippen LogP contribution in [0.5, 0.6) is 5.75 Å². The normalized spacial score (nSPS) is 15.1. The summed E-state index contributed by atoms with van der Waals surface area (Å²) in [6.07, 6.45) is -3.77. The van der Waals surface area contributed by atoms with Gasteiger partial charge in [0, 0.05) is 5.56 Å². The maximum absolute atomic E-state index is 13.4. The predicted molar refractivity (Wildman–Crippen MR) is 69.3 cm³/mol. The highest BCUT2D eigenvalue weighted by Gasteiger charge is 2.53. The molecule has 0 saturated carbocycles. The fraction of sp³-hybridized carbons (Fsp3) is 0.571. The number of ether oxygens (including phenoxy) is 1. The highest BCUT2D eigenvalue weighted by Crippen LogP contribution is 2.42. The SMILES string of the molecule is CCCNC(C)(c1ccccc1OCC)C(F)(F)F. The largest absolute Gasteiger partial charge is 0.494 e. The van der Waals surface area contributed by atoms with Gasteiger partial charge in [-0.1, -0.05) is 25.1 Å². The van der Waals surface area contributed by atoms with E-state index < -0.39 is 11.7 Å². The summed E-state index contributed by atoms with van der Waals surface area (Å²) in [6.45, 7) is 5.36. The number of hydrogen-bond acceptors (Lipinski definition) is 2. The first-order valence-corrected chi connectivity index (χ1v) is 6.40. The fourth-order valence-electron chi connectivity index (χ4n) is 1.88. The molecule has 1 unspecified atom stereocenters. The van der Waals surface area contributed by atoms with Crippen LogP contribution in [0.3, 0.4) is 0 Å². The second-order valence-electron chi connectivity index (χ2n) is 4.48. The molecule has 0 saturated heterocycles. The summed E-state index contributed by atoms with van der Waals surface area (Å²) in [7, 11) is 0. The highest BCUT2D eigenvalue weighted by atomic mass is 19.4.